The monoisotopic (exact) mass is 568 g/mol. The molecular formula is C29H31F3N6O3. The van der Waals surface area contributed by atoms with Gasteiger partial charge in [0.1, 0.15) is 18.3 Å². The van der Waals surface area contributed by atoms with Crippen molar-refractivity contribution in [3.8, 4) is 0 Å². The van der Waals surface area contributed by atoms with Crippen LogP contribution in [0.1, 0.15) is 33.6 Å². The Balaban J connectivity index is 1.49. The Labute approximate surface area is 234 Å². The normalized spacial score (nSPS) is 14.8. The lowest BCUT2D eigenvalue weighted by atomic mass is 9.98. The number of hydrogen-bond donors (Lipinski definition) is 2. The number of anilines is 2. The van der Waals surface area contributed by atoms with Crippen LogP contribution in [0, 0.1) is 6.92 Å². The molecule has 0 bridgehead atoms. The minimum atomic E-state index is -4.50. The number of benzene rings is 2. The number of hydrogen-bond acceptors (Lipinski definition) is 8. The Morgan fingerprint density at radius 2 is 1.85 bits per heavy atom. The number of carbonyl (C=O) groups excluding carboxylic acids is 1. The standard InChI is InChI=1S/C29H31F3N6O3/c1-18-20(8-5-9-21(18)29(30,31)32)15-25-24(17-41-28(39)23(34)14-19-6-3-2-4-7-19)35-27-22(33)16-26(36-38(25)27)37-10-12-40-13-11-37/h2-9,16,23H,10-15,17,33-34H2,1H3. The maximum Gasteiger partial charge on any atom is 0.416 e. The molecule has 216 valence electrons. The van der Waals surface area contributed by atoms with Gasteiger partial charge in [-0.1, -0.05) is 42.5 Å². The van der Waals surface area contributed by atoms with Crippen LogP contribution in [0.4, 0.5) is 24.7 Å². The van der Waals surface area contributed by atoms with E-state index in [2.05, 4.69) is 4.98 Å². The predicted molar refractivity (Wildman–Crippen MR) is 147 cm³/mol. The van der Waals surface area contributed by atoms with Crippen molar-refractivity contribution in [3.63, 3.8) is 0 Å². The summed E-state index contributed by atoms with van der Waals surface area (Å²) in [5.41, 5.74) is 14.6. The van der Waals surface area contributed by atoms with Gasteiger partial charge in [-0.05, 0) is 36.1 Å². The molecule has 2 aromatic carbocycles. The van der Waals surface area contributed by atoms with E-state index in [0.29, 0.717) is 66.8 Å². The van der Waals surface area contributed by atoms with Gasteiger partial charge >= 0.3 is 12.1 Å². The van der Waals surface area contributed by atoms with E-state index in [4.69, 9.17) is 26.0 Å². The van der Waals surface area contributed by atoms with Gasteiger partial charge < -0.3 is 25.8 Å². The Hall–Kier alpha value is -4.16. The molecule has 12 heteroatoms. The van der Waals surface area contributed by atoms with Gasteiger partial charge in [-0.2, -0.15) is 13.2 Å². The van der Waals surface area contributed by atoms with Gasteiger partial charge in [-0.15, -0.1) is 5.10 Å². The summed E-state index contributed by atoms with van der Waals surface area (Å²) in [4.78, 5) is 19.4. The van der Waals surface area contributed by atoms with Crippen LogP contribution in [0.15, 0.2) is 54.6 Å². The number of fused-ring (bicyclic) bond motifs is 1. The second kappa shape index (κ2) is 11.8. The number of ether oxygens (including phenoxy) is 2. The van der Waals surface area contributed by atoms with E-state index in [9.17, 15) is 18.0 Å². The van der Waals surface area contributed by atoms with Crippen molar-refractivity contribution < 1.29 is 27.4 Å². The minimum Gasteiger partial charge on any atom is -0.458 e. The van der Waals surface area contributed by atoms with Crippen molar-refractivity contribution >= 4 is 23.1 Å². The number of carbonyl (C=O) groups is 1. The molecule has 1 aliphatic rings. The molecule has 5 rings (SSSR count). The van der Waals surface area contributed by atoms with Crippen LogP contribution in [0.3, 0.4) is 0 Å². The Morgan fingerprint density at radius 3 is 2.56 bits per heavy atom. The fraction of sp³-hybridized carbons (Fsp3) is 0.345. The molecule has 9 nitrogen and oxygen atoms in total. The number of halogens is 3. The third-order valence-corrected chi connectivity index (χ3v) is 7.17. The molecule has 0 saturated carbocycles. The van der Waals surface area contributed by atoms with E-state index in [0.717, 1.165) is 11.6 Å². The third-order valence-electron chi connectivity index (χ3n) is 7.17. The molecule has 2 aromatic heterocycles. The number of nitrogens with zero attached hydrogens (tertiary/aromatic N) is 4. The maximum atomic E-state index is 13.7. The summed E-state index contributed by atoms with van der Waals surface area (Å²) < 4.78 is 53.5. The second-order valence-electron chi connectivity index (χ2n) is 9.97. The van der Waals surface area contributed by atoms with Crippen molar-refractivity contribution in [3.05, 3.63) is 88.2 Å². The Morgan fingerprint density at radius 1 is 1.12 bits per heavy atom. The minimum absolute atomic E-state index is 0.0544. The molecule has 3 heterocycles. The first kappa shape index (κ1) is 28.4. The summed E-state index contributed by atoms with van der Waals surface area (Å²) in [5.74, 6) is -0.0341. The Bertz CT molecular complexity index is 1530. The van der Waals surface area contributed by atoms with Crippen LogP contribution >= 0.6 is 0 Å². The summed E-state index contributed by atoms with van der Waals surface area (Å²) in [6.45, 7) is 3.47. The molecule has 0 radical (unpaired) electrons. The van der Waals surface area contributed by atoms with Crippen LogP contribution in [0.5, 0.6) is 0 Å². The molecule has 1 fully saturated rings. The predicted octanol–water partition coefficient (Wildman–Crippen LogP) is 3.68. The molecule has 1 atom stereocenters. The van der Waals surface area contributed by atoms with Crippen LogP contribution in [-0.2, 0) is 39.9 Å². The molecule has 4 aromatic rings. The first-order valence-electron chi connectivity index (χ1n) is 13.2. The largest absolute Gasteiger partial charge is 0.458 e. The highest BCUT2D eigenvalue weighted by molar-refractivity contribution is 5.76. The summed E-state index contributed by atoms with van der Waals surface area (Å²) in [7, 11) is 0. The lowest BCUT2D eigenvalue weighted by molar-refractivity contribution is -0.146. The first-order valence-corrected chi connectivity index (χ1v) is 13.2. The van der Waals surface area contributed by atoms with E-state index in [1.807, 2.05) is 35.2 Å². The van der Waals surface area contributed by atoms with Crippen LogP contribution in [-0.4, -0.2) is 52.9 Å². The summed E-state index contributed by atoms with van der Waals surface area (Å²) in [6.07, 6.45) is -4.16. The summed E-state index contributed by atoms with van der Waals surface area (Å²) in [5, 5.41) is 4.75. The molecule has 0 aliphatic carbocycles. The molecular weight excluding hydrogens is 537 g/mol. The van der Waals surface area contributed by atoms with E-state index in [-0.39, 0.29) is 18.6 Å². The lowest BCUT2D eigenvalue weighted by Gasteiger charge is -2.27. The van der Waals surface area contributed by atoms with Crippen LogP contribution < -0.4 is 16.4 Å². The van der Waals surface area contributed by atoms with Crippen molar-refractivity contribution in [2.75, 3.05) is 36.9 Å². The number of esters is 1. The van der Waals surface area contributed by atoms with Gasteiger partial charge in [0.25, 0.3) is 0 Å². The van der Waals surface area contributed by atoms with E-state index >= 15 is 0 Å². The number of aromatic nitrogens is 3. The third kappa shape index (κ3) is 6.28. The number of alkyl halides is 3. The molecule has 0 spiro atoms. The van der Waals surface area contributed by atoms with Gasteiger partial charge in [0.05, 0.1) is 30.2 Å². The first-order chi connectivity index (χ1) is 19.6. The van der Waals surface area contributed by atoms with Gasteiger partial charge in [0.15, 0.2) is 11.5 Å². The SMILES string of the molecule is Cc1c(Cc2c(COC(=O)C(N)Cc3ccccc3)nc3c(N)cc(N4CCOCC4)nn23)cccc1C(F)(F)F. The zero-order valence-corrected chi connectivity index (χ0v) is 22.5. The number of nitrogens with two attached hydrogens (primary N) is 2. The summed E-state index contributed by atoms with van der Waals surface area (Å²) >= 11 is 0. The average molecular weight is 569 g/mol. The number of rotatable bonds is 8. The number of nitrogen functional groups attached to an aromatic ring is 1. The van der Waals surface area contributed by atoms with Gasteiger partial charge in [0.2, 0.25) is 0 Å². The molecule has 0 amide bonds. The van der Waals surface area contributed by atoms with Crippen molar-refractivity contribution in [2.24, 2.45) is 5.73 Å². The fourth-order valence-electron chi connectivity index (χ4n) is 4.92. The number of morpholine rings is 1. The average Bonchev–Trinajstić information content (AvgIpc) is 3.30. The summed E-state index contributed by atoms with van der Waals surface area (Å²) in [6, 6.07) is 14.2. The molecule has 4 N–H and O–H groups in total. The zero-order valence-electron chi connectivity index (χ0n) is 22.5. The highest BCUT2D eigenvalue weighted by Gasteiger charge is 2.33. The van der Waals surface area contributed by atoms with Crippen LogP contribution in [0.25, 0.3) is 5.65 Å². The van der Waals surface area contributed by atoms with Gasteiger partial charge in [-0.3, -0.25) is 4.79 Å². The number of imidazole rings is 1. The smallest absolute Gasteiger partial charge is 0.416 e. The maximum absolute atomic E-state index is 13.7. The molecule has 1 aliphatic heterocycles. The van der Waals surface area contributed by atoms with Gasteiger partial charge in [0, 0.05) is 25.6 Å². The quantitative estimate of drug-likeness (QED) is 0.309. The Kier molecular flexibility index (Phi) is 8.13. The molecule has 41 heavy (non-hydrogen) atoms. The fourth-order valence-corrected chi connectivity index (χ4v) is 4.92. The highest BCUT2D eigenvalue weighted by Crippen LogP contribution is 2.34. The zero-order chi connectivity index (χ0) is 29.1. The van der Waals surface area contributed by atoms with Crippen molar-refractivity contribution in [1.82, 2.24) is 14.6 Å². The molecule has 1 saturated heterocycles. The lowest BCUT2D eigenvalue weighted by Crippen LogP contribution is -2.37. The van der Waals surface area contributed by atoms with E-state index in [1.165, 1.54) is 17.5 Å². The second-order valence-corrected chi connectivity index (χ2v) is 9.97. The van der Waals surface area contributed by atoms with E-state index in [1.54, 1.807) is 12.1 Å². The highest BCUT2D eigenvalue weighted by atomic mass is 19.4. The topological polar surface area (TPSA) is 121 Å². The van der Waals surface area contributed by atoms with E-state index < -0.39 is 23.8 Å². The van der Waals surface area contributed by atoms with Crippen molar-refractivity contribution in [2.45, 2.75) is 38.6 Å². The van der Waals surface area contributed by atoms with Crippen molar-refractivity contribution in [1.29, 1.82) is 0 Å². The van der Waals surface area contributed by atoms with Crippen LogP contribution in [0.2, 0.25) is 0 Å². The van der Waals surface area contributed by atoms with Gasteiger partial charge in [-0.25, -0.2) is 9.50 Å². The molecule has 1 unspecified atom stereocenters.